The lowest BCUT2D eigenvalue weighted by atomic mass is 9.97. The molecular formula is C14H18F3N3. The van der Waals surface area contributed by atoms with Crippen LogP contribution in [0, 0.1) is 0 Å². The predicted molar refractivity (Wildman–Crippen MR) is 72.2 cm³/mol. The van der Waals surface area contributed by atoms with E-state index in [-0.39, 0.29) is 0 Å². The summed E-state index contributed by atoms with van der Waals surface area (Å²) in [4.78, 5) is 4.31. The average Bonchev–Trinajstić information content (AvgIpc) is 2.66. The van der Waals surface area contributed by atoms with E-state index in [0.29, 0.717) is 16.9 Å². The van der Waals surface area contributed by atoms with Gasteiger partial charge in [-0.3, -0.25) is 0 Å². The zero-order valence-corrected chi connectivity index (χ0v) is 11.8. The van der Waals surface area contributed by atoms with Crippen LogP contribution < -0.4 is 5.73 Å². The molecule has 0 amide bonds. The number of fused-ring (bicyclic) bond motifs is 1. The number of alkyl halides is 3. The normalized spacial score (nSPS) is 15.6. The van der Waals surface area contributed by atoms with E-state index in [1.165, 1.54) is 6.07 Å². The lowest BCUT2D eigenvalue weighted by Crippen LogP contribution is -2.35. The molecule has 1 aromatic carbocycles. The minimum Gasteiger partial charge on any atom is -0.330 e. The molecule has 0 aliphatic carbocycles. The molecule has 0 bridgehead atoms. The number of aromatic nitrogens is 2. The SMILES string of the molecule is CCCC(C)(N)c1nc2cc(C(F)(F)F)ccc2n1C. The first-order valence-corrected chi connectivity index (χ1v) is 6.50. The molecule has 0 radical (unpaired) electrons. The summed E-state index contributed by atoms with van der Waals surface area (Å²) >= 11 is 0. The molecule has 1 aromatic heterocycles. The number of rotatable bonds is 3. The summed E-state index contributed by atoms with van der Waals surface area (Å²) in [6.07, 6.45) is -2.76. The van der Waals surface area contributed by atoms with Gasteiger partial charge in [-0.1, -0.05) is 13.3 Å². The van der Waals surface area contributed by atoms with E-state index in [1.54, 1.807) is 11.6 Å². The van der Waals surface area contributed by atoms with Crippen molar-refractivity contribution >= 4 is 11.0 Å². The minimum atomic E-state index is -4.36. The van der Waals surface area contributed by atoms with E-state index in [1.807, 2.05) is 13.8 Å². The molecule has 6 heteroatoms. The highest BCUT2D eigenvalue weighted by Gasteiger charge is 2.32. The maximum Gasteiger partial charge on any atom is 0.416 e. The van der Waals surface area contributed by atoms with E-state index in [0.717, 1.165) is 25.0 Å². The van der Waals surface area contributed by atoms with Gasteiger partial charge in [-0.25, -0.2) is 4.98 Å². The van der Waals surface area contributed by atoms with Crippen molar-refractivity contribution in [2.45, 2.75) is 38.4 Å². The van der Waals surface area contributed by atoms with Crippen molar-refractivity contribution in [2.24, 2.45) is 12.8 Å². The molecule has 1 atom stereocenters. The molecule has 20 heavy (non-hydrogen) atoms. The molecule has 2 rings (SSSR count). The Balaban J connectivity index is 2.58. The first kappa shape index (κ1) is 14.8. The lowest BCUT2D eigenvalue weighted by Gasteiger charge is -2.23. The highest BCUT2D eigenvalue weighted by Crippen LogP contribution is 2.32. The van der Waals surface area contributed by atoms with Crippen molar-refractivity contribution in [3.63, 3.8) is 0 Å². The number of halogens is 3. The van der Waals surface area contributed by atoms with Crippen LogP contribution >= 0.6 is 0 Å². The van der Waals surface area contributed by atoms with Gasteiger partial charge in [0, 0.05) is 7.05 Å². The molecule has 110 valence electrons. The summed E-state index contributed by atoms with van der Waals surface area (Å²) in [5, 5.41) is 0. The Morgan fingerprint density at radius 2 is 1.95 bits per heavy atom. The van der Waals surface area contributed by atoms with E-state index in [9.17, 15) is 13.2 Å². The van der Waals surface area contributed by atoms with Crippen LogP contribution in [0.25, 0.3) is 11.0 Å². The fourth-order valence-electron chi connectivity index (χ4n) is 2.52. The van der Waals surface area contributed by atoms with Gasteiger partial charge in [-0.2, -0.15) is 13.2 Å². The number of hydrogen-bond acceptors (Lipinski definition) is 2. The molecule has 0 spiro atoms. The standard InChI is InChI=1S/C14H18F3N3/c1-4-7-13(2,18)12-19-10-8-9(14(15,16)17)5-6-11(10)20(12)3/h5-6,8H,4,7,18H2,1-3H3. The quantitative estimate of drug-likeness (QED) is 0.937. The van der Waals surface area contributed by atoms with Crippen molar-refractivity contribution < 1.29 is 13.2 Å². The first-order valence-electron chi connectivity index (χ1n) is 6.50. The zero-order chi connectivity index (χ0) is 15.1. The van der Waals surface area contributed by atoms with Gasteiger partial charge in [0.15, 0.2) is 0 Å². The Bertz CT molecular complexity index is 626. The van der Waals surface area contributed by atoms with Crippen molar-refractivity contribution in [1.29, 1.82) is 0 Å². The Hall–Kier alpha value is -1.56. The van der Waals surface area contributed by atoms with Crippen LogP contribution in [0.2, 0.25) is 0 Å². The Morgan fingerprint density at radius 3 is 2.50 bits per heavy atom. The number of nitrogens with two attached hydrogens (primary N) is 1. The molecule has 3 nitrogen and oxygen atoms in total. The highest BCUT2D eigenvalue weighted by atomic mass is 19.4. The average molecular weight is 285 g/mol. The lowest BCUT2D eigenvalue weighted by molar-refractivity contribution is -0.137. The molecule has 2 N–H and O–H groups in total. The van der Waals surface area contributed by atoms with E-state index < -0.39 is 17.3 Å². The Morgan fingerprint density at radius 1 is 1.30 bits per heavy atom. The van der Waals surface area contributed by atoms with E-state index >= 15 is 0 Å². The fourth-order valence-corrected chi connectivity index (χ4v) is 2.52. The van der Waals surface area contributed by atoms with Crippen LogP contribution in [0.15, 0.2) is 18.2 Å². The number of nitrogens with zero attached hydrogens (tertiary/aromatic N) is 2. The third kappa shape index (κ3) is 2.52. The molecule has 0 fully saturated rings. The first-order chi connectivity index (χ1) is 9.16. The number of hydrogen-bond donors (Lipinski definition) is 1. The Kier molecular flexibility index (Phi) is 3.54. The maximum atomic E-state index is 12.7. The second-order valence-electron chi connectivity index (χ2n) is 5.36. The monoisotopic (exact) mass is 285 g/mol. The zero-order valence-electron chi connectivity index (χ0n) is 11.8. The van der Waals surface area contributed by atoms with Crippen molar-refractivity contribution in [2.75, 3.05) is 0 Å². The minimum absolute atomic E-state index is 0.324. The van der Waals surface area contributed by atoms with Gasteiger partial charge < -0.3 is 10.3 Å². The highest BCUT2D eigenvalue weighted by molar-refractivity contribution is 5.77. The maximum absolute atomic E-state index is 12.7. The largest absolute Gasteiger partial charge is 0.416 e. The van der Waals surface area contributed by atoms with Crippen LogP contribution in [0.4, 0.5) is 13.2 Å². The molecule has 0 saturated carbocycles. The van der Waals surface area contributed by atoms with Gasteiger partial charge in [-0.05, 0) is 31.5 Å². The summed E-state index contributed by atoms with van der Waals surface area (Å²) in [6.45, 7) is 3.86. The summed E-state index contributed by atoms with van der Waals surface area (Å²) in [5.41, 5.74) is 5.87. The van der Waals surface area contributed by atoms with Gasteiger partial charge in [-0.15, -0.1) is 0 Å². The number of imidazole rings is 1. The third-order valence-corrected chi connectivity index (χ3v) is 3.49. The topological polar surface area (TPSA) is 43.8 Å². The van der Waals surface area contributed by atoms with Crippen LogP contribution in [-0.2, 0) is 18.8 Å². The predicted octanol–water partition coefficient (Wildman–Crippen LogP) is 3.57. The molecule has 0 aliphatic heterocycles. The number of benzene rings is 1. The van der Waals surface area contributed by atoms with Gasteiger partial charge in [0.05, 0.1) is 22.1 Å². The number of aryl methyl sites for hydroxylation is 1. The van der Waals surface area contributed by atoms with Crippen LogP contribution in [-0.4, -0.2) is 9.55 Å². The van der Waals surface area contributed by atoms with E-state index in [2.05, 4.69) is 4.98 Å². The van der Waals surface area contributed by atoms with Gasteiger partial charge in [0.1, 0.15) is 5.82 Å². The molecule has 1 heterocycles. The molecule has 2 aromatic rings. The van der Waals surface area contributed by atoms with Crippen molar-refractivity contribution in [1.82, 2.24) is 9.55 Å². The summed E-state index contributed by atoms with van der Waals surface area (Å²) in [6, 6.07) is 3.58. The van der Waals surface area contributed by atoms with Gasteiger partial charge in [0.25, 0.3) is 0 Å². The van der Waals surface area contributed by atoms with E-state index in [4.69, 9.17) is 5.73 Å². The second kappa shape index (κ2) is 4.77. The third-order valence-electron chi connectivity index (χ3n) is 3.49. The van der Waals surface area contributed by atoms with Gasteiger partial charge >= 0.3 is 6.18 Å². The van der Waals surface area contributed by atoms with Crippen LogP contribution in [0.1, 0.15) is 38.1 Å². The van der Waals surface area contributed by atoms with Gasteiger partial charge in [0.2, 0.25) is 0 Å². The van der Waals surface area contributed by atoms with Crippen LogP contribution in [0.5, 0.6) is 0 Å². The molecular weight excluding hydrogens is 267 g/mol. The molecule has 1 unspecified atom stereocenters. The summed E-state index contributed by atoms with van der Waals surface area (Å²) < 4.78 is 39.9. The second-order valence-corrected chi connectivity index (χ2v) is 5.36. The van der Waals surface area contributed by atoms with Crippen molar-refractivity contribution in [3.05, 3.63) is 29.6 Å². The smallest absolute Gasteiger partial charge is 0.330 e. The fraction of sp³-hybridized carbons (Fsp3) is 0.500. The Labute approximate surface area is 115 Å². The molecule has 0 aliphatic rings. The van der Waals surface area contributed by atoms with Crippen molar-refractivity contribution in [3.8, 4) is 0 Å². The summed E-state index contributed by atoms with van der Waals surface area (Å²) in [7, 11) is 1.78. The molecule has 0 saturated heterocycles. The van der Waals surface area contributed by atoms with Crippen LogP contribution in [0.3, 0.4) is 0 Å². The summed E-state index contributed by atoms with van der Waals surface area (Å²) in [5.74, 6) is 0.605.